The zero-order valence-electron chi connectivity index (χ0n) is 27.3. The second kappa shape index (κ2) is 14.5. The van der Waals surface area contributed by atoms with Crippen LogP contribution in [0, 0.1) is 0 Å². The first-order chi connectivity index (χ1) is 23.2. The van der Waals surface area contributed by atoms with Gasteiger partial charge in [-0.3, -0.25) is 14.6 Å². The van der Waals surface area contributed by atoms with E-state index in [1.54, 1.807) is 30.3 Å². The van der Waals surface area contributed by atoms with Crippen LogP contribution >= 0.6 is 11.6 Å². The Hall–Kier alpha value is -4.17. The Bertz CT molecular complexity index is 1840. The molecule has 2 aromatic heterocycles. The van der Waals surface area contributed by atoms with Gasteiger partial charge in [0, 0.05) is 69.9 Å². The normalized spacial score (nSPS) is 14.4. The Balaban J connectivity index is 1.24. The first-order valence-electron chi connectivity index (χ1n) is 15.9. The molecule has 2 aliphatic heterocycles. The molecule has 0 aliphatic carbocycles. The van der Waals surface area contributed by atoms with E-state index in [1.807, 2.05) is 49.0 Å². The molecule has 0 fully saturated rings. The number of aliphatic hydroxyl groups is 2. The largest absolute Gasteiger partial charge is 0.395 e. The van der Waals surface area contributed by atoms with Gasteiger partial charge in [0.05, 0.1) is 42.3 Å². The number of nitrogens with zero attached hydrogens (tertiary/aromatic N) is 5. The van der Waals surface area contributed by atoms with Gasteiger partial charge in [0.25, 0.3) is 11.8 Å². The number of hydrogen-bond acceptors (Lipinski definition) is 9. The van der Waals surface area contributed by atoms with E-state index in [2.05, 4.69) is 25.5 Å². The summed E-state index contributed by atoms with van der Waals surface area (Å²) in [4.78, 5) is 40.3. The highest BCUT2D eigenvalue weighted by molar-refractivity contribution is 6.36. The zero-order chi connectivity index (χ0) is 33.9. The van der Waals surface area contributed by atoms with Crippen LogP contribution in [0.3, 0.4) is 0 Å². The van der Waals surface area contributed by atoms with Gasteiger partial charge in [0.1, 0.15) is 5.69 Å². The molecule has 2 aliphatic rings. The number of aliphatic hydroxyl groups excluding tert-OH is 2. The number of anilines is 2. The number of likely N-dealkylation sites (N-methyl/N-ethyl adjacent to an activating group) is 1. The van der Waals surface area contributed by atoms with Gasteiger partial charge in [0.2, 0.25) is 0 Å². The Morgan fingerprint density at radius 3 is 2.58 bits per heavy atom. The molecule has 4 N–H and O–H groups in total. The summed E-state index contributed by atoms with van der Waals surface area (Å²) in [5, 5.41) is 25.3. The van der Waals surface area contributed by atoms with Gasteiger partial charge in [0.15, 0.2) is 5.82 Å². The highest BCUT2D eigenvalue weighted by Gasteiger charge is 2.30. The minimum absolute atomic E-state index is 0.203. The van der Waals surface area contributed by atoms with Crippen molar-refractivity contribution in [2.45, 2.75) is 38.6 Å². The summed E-state index contributed by atoms with van der Waals surface area (Å²) in [6.07, 6.45) is 3.09. The fourth-order valence-electron chi connectivity index (χ4n) is 6.45. The molecule has 2 aromatic carbocycles. The predicted octanol–water partition coefficient (Wildman–Crippen LogP) is 3.17. The molecule has 6 rings (SSSR count). The molecule has 0 saturated heterocycles. The third-order valence-electron chi connectivity index (χ3n) is 9.08. The van der Waals surface area contributed by atoms with Crippen LogP contribution in [0.5, 0.6) is 0 Å². The van der Waals surface area contributed by atoms with Gasteiger partial charge in [-0.25, -0.2) is 4.98 Å². The number of fused-ring (bicyclic) bond motifs is 2. The average Bonchev–Trinajstić information content (AvgIpc) is 3.67. The van der Waals surface area contributed by atoms with Gasteiger partial charge < -0.3 is 40.0 Å². The van der Waals surface area contributed by atoms with E-state index in [1.165, 1.54) is 0 Å². The number of carbonyl (C=O) groups is 2. The summed E-state index contributed by atoms with van der Waals surface area (Å²) in [5.41, 5.74) is 7.75. The van der Waals surface area contributed by atoms with E-state index in [9.17, 15) is 19.8 Å². The summed E-state index contributed by atoms with van der Waals surface area (Å²) < 4.78 is 7.25. The van der Waals surface area contributed by atoms with Crippen LogP contribution in [0.4, 0.5) is 11.4 Å². The number of ether oxygens (including phenoxy) is 1. The number of carbonyl (C=O) groups excluding carboxylic acids is 2. The third kappa shape index (κ3) is 6.59. The Labute approximate surface area is 284 Å². The molecular formula is C35H40ClN7O5. The molecule has 0 atom stereocenters. The standard InChI is InChI=1S/C35H40ClN7O5/c1-41-12-11-31-29(17-41)39-33(42(31)2)34(46)40-27-8-4-7-26(32(27)36)24-6-5-9-30-25(24)10-13-43(30)35(47)28-14-21(20-48-3)22(16-38-28)15-37-23(18-44)19-45/h4-9,14,16,23,37,44-45H,10-13,15,17-20H2,1-3H3,(H,40,46). The van der Waals surface area contributed by atoms with E-state index < -0.39 is 6.04 Å². The van der Waals surface area contributed by atoms with Crippen molar-refractivity contribution < 1.29 is 24.5 Å². The van der Waals surface area contributed by atoms with Crippen molar-refractivity contribution in [2.75, 3.05) is 50.7 Å². The third-order valence-corrected chi connectivity index (χ3v) is 9.49. The average molecular weight is 674 g/mol. The fourth-order valence-corrected chi connectivity index (χ4v) is 6.72. The zero-order valence-corrected chi connectivity index (χ0v) is 28.0. The molecule has 0 spiro atoms. The van der Waals surface area contributed by atoms with Crippen LogP contribution in [0.2, 0.25) is 5.02 Å². The van der Waals surface area contributed by atoms with Gasteiger partial charge in [-0.15, -0.1) is 0 Å². The number of nitrogens with one attached hydrogen (secondary N) is 2. The van der Waals surface area contributed by atoms with Crippen molar-refractivity contribution in [1.29, 1.82) is 0 Å². The fraction of sp³-hybridized carbons (Fsp3) is 0.371. The molecule has 4 aromatic rings. The molecule has 2 amide bonds. The van der Waals surface area contributed by atoms with Crippen molar-refractivity contribution in [3.63, 3.8) is 0 Å². The molecule has 0 unspecified atom stereocenters. The first kappa shape index (κ1) is 33.7. The Kier molecular flexibility index (Phi) is 10.2. The quantitative estimate of drug-likeness (QED) is 0.189. The van der Waals surface area contributed by atoms with E-state index in [-0.39, 0.29) is 37.3 Å². The number of benzene rings is 2. The van der Waals surface area contributed by atoms with Crippen LogP contribution < -0.4 is 15.5 Å². The lowest BCUT2D eigenvalue weighted by Crippen LogP contribution is -2.35. The number of rotatable bonds is 11. The molecule has 252 valence electrons. The molecule has 0 bridgehead atoms. The van der Waals surface area contributed by atoms with E-state index in [0.29, 0.717) is 42.6 Å². The summed E-state index contributed by atoms with van der Waals surface area (Å²) in [6.45, 7) is 2.31. The number of halogens is 1. The Morgan fingerprint density at radius 1 is 1.04 bits per heavy atom. The van der Waals surface area contributed by atoms with Crippen LogP contribution in [0.15, 0.2) is 48.7 Å². The van der Waals surface area contributed by atoms with Crippen LogP contribution in [-0.4, -0.2) is 88.0 Å². The minimum atomic E-state index is -0.462. The van der Waals surface area contributed by atoms with Gasteiger partial charge in [-0.05, 0) is 53.9 Å². The van der Waals surface area contributed by atoms with E-state index in [0.717, 1.165) is 57.9 Å². The summed E-state index contributed by atoms with van der Waals surface area (Å²) in [6, 6.07) is 12.6. The van der Waals surface area contributed by atoms with Crippen molar-refractivity contribution in [1.82, 2.24) is 24.8 Å². The number of aromatic nitrogens is 3. The molecule has 48 heavy (non-hydrogen) atoms. The van der Waals surface area contributed by atoms with E-state index >= 15 is 0 Å². The number of imidazole rings is 1. The molecule has 13 heteroatoms. The van der Waals surface area contributed by atoms with Gasteiger partial charge in [-0.2, -0.15) is 0 Å². The number of pyridine rings is 1. The highest BCUT2D eigenvalue weighted by Crippen LogP contribution is 2.41. The van der Waals surface area contributed by atoms with E-state index in [4.69, 9.17) is 16.3 Å². The van der Waals surface area contributed by atoms with Crippen molar-refractivity contribution in [3.8, 4) is 11.1 Å². The van der Waals surface area contributed by atoms with Crippen LogP contribution in [-0.2, 0) is 44.3 Å². The molecule has 4 heterocycles. The van der Waals surface area contributed by atoms with Crippen molar-refractivity contribution in [2.24, 2.45) is 7.05 Å². The lowest BCUT2D eigenvalue weighted by molar-refractivity contribution is 0.0982. The summed E-state index contributed by atoms with van der Waals surface area (Å²) in [5.74, 6) is -0.215. The predicted molar refractivity (Wildman–Crippen MR) is 183 cm³/mol. The first-order valence-corrected chi connectivity index (χ1v) is 16.3. The van der Waals surface area contributed by atoms with Gasteiger partial charge in [-0.1, -0.05) is 35.9 Å². The summed E-state index contributed by atoms with van der Waals surface area (Å²) >= 11 is 6.97. The maximum atomic E-state index is 13.8. The number of methoxy groups -OCH3 is 1. The second-order valence-electron chi connectivity index (χ2n) is 12.2. The van der Waals surface area contributed by atoms with Crippen LogP contribution in [0.25, 0.3) is 11.1 Å². The maximum Gasteiger partial charge on any atom is 0.291 e. The summed E-state index contributed by atoms with van der Waals surface area (Å²) in [7, 11) is 5.49. The SMILES string of the molecule is COCc1cc(C(=O)N2CCc3c(-c4cccc(NC(=O)c5nc6c(n5C)CCN(C)C6)c4Cl)cccc32)ncc1CNC(CO)CO. The topological polar surface area (TPSA) is 145 Å². The molecule has 12 nitrogen and oxygen atoms in total. The number of hydrogen-bond donors (Lipinski definition) is 4. The molecule has 0 radical (unpaired) electrons. The molecule has 0 saturated carbocycles. The van der Waals surface area contributed by atoms with Crippen molar-refractivity contribution in [3.05, 3.63) is 93.3 Å². The second-order valence-corrected chi connectivity index (χ2v) is 12.6. The van der Waals surface area contributed by atoms with Crippen LogP contribution in [0.1, 0.15) is 49.2 Å². The number of amides is 2. The highest BCUT2D eigenvalue weighted by atomic mass is 35.5. The van der Waals surface area contributed by atoms with Gasteiger partial charge >= 0.3 is 0 Å². The lowest BCUT2D eigenvalue weighted by atomic mass is 9.97. The molecular weight excluding hydrogens is 634 g/mol. The maximum absolute atomic E-state index is 13.8. The minimum Gasteiger partial charge on any atom is -0.395 e. The monoisotopic (exact) mass is 673 g/mol. The Morgan fingerprint density at radius 2 is 1.81 bits per heavy atom. The van der Waals surface area contributed by atoms with Crippen molar-refractivity contribution >= 4 is 34.8 Å². The smallest absolute Gasteiger partial charge is 0.291 e. The lowest BCUT2D eigenvalue weighted by Gasteiger charge is -2.21.